The summed E-state index contributed by atoms with van der Waals surface area (Å²) in [4.78, 5) is 22.4. The van der Waals surface area contributed by atoms with Crippen LogP contribution in [0.4, 0.5) is 17.2 Å². The Morgan fingerprint density at radius 3 is 2.66 bits per heavy atom. The number of halogens is 1. The van der Waals surface area contributed by atoms with Gasteiger partial charge in [0, 0.05) is 30.1 Å². The molecule has 2 aliphatic rings. The van der Waals surface area contributed by atoms with E-state index >= 15 is 0 Å². The molecule has 1 saturated heterocycles. The number of carbonyl (C=O) groups excluding carboxylic acids is 1. The molecule has 4 aromatic rings. The molecule has 4 N–H and O–H groups in total. The highest BCUT2D eigenvalue weighted by molar-refractivity contribution is 6.32. The van der Waals surface area contributed by atoms with Gasteiger partial charge < -0.3 is 25.8 Å². The van der Waals surface area contributed by atoms with Crippen molar-refractivity contribution in [2.45, 2.75) is 25.3 Å². The van der Waals surface area contributed by atoms with Crippen molar-refractivity contribution < 1.29 is 14.6 Å². The van der Waals surface area contributed by atoms with E-state index in [4.69, 9.17) is 16.3 Å². The molecular weight excluding hydrogens is 502 g/mol. The standard InChI is InChI=1S/C29H28ClN5O3/c1-38-25-12-18(11-23(30)29(25)37)17-4-6-24-21(10-17)27(22(15-32-24)28(36)16-2-3-16)35-19-5-7-26(33-14-19)34-20-8-9-31-13-20/h4-7,10-12,14-16,20,31,37H,2-3,8-9,13H2,1H3,(H,32,35)(H,33,34). The highest BCUT2D eigenvalue weighted by Gasteiger charge is 2.32. The van der Waals surface area contributed by atoms with Gasteiger partial charge in [-0.05, 0) is 73.3 Å². The Labute approximate surface area is 225 Å². The number of fused-ring (bicyclic) bond motifs is 1. The van der Waals surface area contributed by atoms with Crippen molar-refractivity contribution in [3.8, 4) is 22.6 Å². The molecule has 0 bridgehead atoms. The summed E-state index contributed by atoms with van der Waals surface area (Å²) in [6.07, 6.45) is 6.32. The fraction of sp³-hybridized carbons (Fsp3) is 0.276. The fourth-order valence-electron chi connectivity index (χ4n) is 4.84. The number of hydrogen-bond donors (Lipinski definition) is 4. The Hall–Kier alpha value is -3.88. The molecule has 0 radical (unpaired) electrons. The molecule has 1 atom stereocenters. The second-order valence-electron chi connectivity index (χ2n) is 9.82. The van der Waals surface area contributed by atoms with Gasteiger partial charge >= 0.3 is 0 Å². The summed E-state index contributed by atoms with van der Waals surface area (Å²) in [5.41, 5.74) is 4.42. The average molecular weight is 530 g/mol. The van der Waals surface area contributed by atoms with Gasteiger partial charge in [0.05, 0.1) is 40.8 Å². The van der Waals surface area contributed by atoms with Crippen LogP contribution in [0.5, 0.6) is 11.5 Å². The molecule has 9 heteroatoms. The highest BCUT2D eigenvalue weighted by atomic mass is 35.5. The molecule has 2 fully saturated rings. The molecule has 194 valence electrons. The summed E-state index contributed by atoms with van der Waals surface area (Å²) < 4.78 is 5.29. The number of nitrogens with zero attached hydrogens (tertiary/aromatic N) is 2. The molecule has 1 aliphatic heterocycles. The number of Topliss-reactive ketones (excluding diaryl/α,β-unsaturated/α-hetero) is 1. The molecule has 0 spiro atoms. The molecule has 8 nitrogen and oxygen atoms in total. The van der Waals surface area contributed by atoms with Crippen LogP contribution >= 0.6 is 11.6 Å². The van der Waals surface area contributed by atoms with E-state index in [0.29, 0.717) is 17.3 Å². The number of methoxy groups -OCH3 is 1. The van der Waals surface area contributed by atoms with E-state index in [-0.39, 0.29) is 28.2 Å². The highest BCUT2D eigenvalue weighted by Crippen LogP contribution is 2.41. The number of carbonyl (C=O) groups is 1. The summed E-state index contributed by atoms with van der Waals surface area (Å²) in [7, 11) is 1.48. The molecule has 2 aromatic heterocycles. The predicted octanol–water partition coefficient (Wildman–Crippen LogP) is 5.77. The fourth-order valence-corrected chi connectivity index (χ4v) is 5.05. The van der Waals surface area contributed by atoms with Crippen molar-refractivity contribution in [1.82, 2.24) is 15.3 Å². The first kappa shape index (κ1) is 24.5. The summed E-state index contributed by atoms with van der Waals surface area (Å²) in [5, 5.41) is 21.4. The van der Waals surface area contributed by atoms with Crippen molar-refractivity contribution in [2.24, 2.45) is 5.92 Å². The number of rotatable bonds is 8. The molecule has 6 rings (SSSR count). The van der Waals surface area contributed by atoms with Crippen LogP contribution in [0.1, 0.15) is 29.6 Å². The first-order valence-electron chi connectivity index (χ1n) is 12.7. The number of aromatic nitrogens is 2. The number of anilines is 3. The summed E-state index contributed by atoms with van der Waals surface area (Å²) in [5.74, 6) is 1.15. The topological polar surface area (TPSA) is 108 Å². The third-order valence-corrected chi connectivity index (χ3v) is 7.40. The zero-order valence-electron chi connectivity index (χ0n) is 20.9. The van der Waals surface area contributed by atoms with Crippen LogP contribution < -0.4 is 20.7 Å². The Morgan fingerprint density at radius 1 is 1.08 bits per heavy atom. The van der Waals surface area contributed by atoms with Gasteiger partial charge in [-0.3, -0.25) is 9.78 Å². The third-order valence-electron chi connectivity index (χ3n) is 7.11. The van der Waals surface area contributed by atoms with E-state index in [1.165, 1.54) is 7.11 Å². The number of phenols is 1. The summed E-state index contributed by atoms with van der Waals surface area (Å²) >= 11 is 6.26. The maximum absolute atomic E-state index is 13.3. The second kappa shape index (κ2) is 10.1. The van der Waals surface area contributed by atoms with Gasteiger partial charge in [0.1, 0.15) is 5.82 Å². The minimum atomic E-state index is -0.102. The van der Waals surface area contributed by atoms with Crippen LogP contribution in [0.15, 0.2) is 54.9 Å². The van der Waals surface area contributed by atoms with Crippen LogP contribution in [0.3, 0.4) is 0 Å². The van der Waals surface area contributed by atoms with Crippen LogP contribution in [0.25, 0.3) is 22.0 Å². The van der Waals surface area contributed by atoms with Gasteiger partial charge in [0.2, 0.25) is 0 Å². The maximum Gasteiger partial charge on any atom is 0.176 e. The number of ether oxygens (including phenoxy) is 1. The summed E-state index contributed by atoms with van der Waals surface area (Å²) in [6, 6.07) is 13.5. The van der Waals surface area contributed by atoms with Gasteiger partial charge in [0.15, 0.2) is 17.3 Å². The Bertz CT molecular complexity index is 1520. The largest absolute Gasteiger partial charge is 0.503 e. The quantitative estimate of drug-likeness (QED) is 0.213. The van der Waals surface area contributed by atoms with Crippen LogP contribution in [-0.4, -0.2) is 47.1 Å². The number of nitrogens with one attached hydrogen (secondary N) is 3. The lowest BCUT2D eigenvalue weighted by Gasteiger charge is -2.16. The zero-order chi connectivity index (χ0) is 26.2. The molecule has 1 aliphatic carbocycles. The minimum Gasteiger partial charge on any atom is -0.503 e. The molecule has 2 aromatic carbocycles. The Kier molecular flexibility index (Phi) is 6.51. The normalized spacial score (nSPS) is 16.9. The second-order valence-corrected chi connectivity index (χ2v) is 10.2. The van der Waals surface area contributed by atoms with E-state index in [1.807, 2.05) is 30.3 Å². The lowest BCUT2D eigenvalue weighted by atomic mass is 9.98. The van der Waals surface area contributed by atoms with Gasteiger partial charge in [-0.1, -0.05) is 17.7 Å². The van der Waals surface area contributed by atoms with Crippen LogP contribution in [0.2, 0.25) is 5.02 Å². The lowest BCUT2D eigenvalue weighted by Crippen LogP contribution is -2.22. The molecule has 1 unspecified atom stereocenters. The number of aromatic hydroxyl groups is 1. The number of ketones is 1. The smallest absolute Gasteiger partial charge is 0.176 e. The SMILES string of the molecule is COc1cc(-c2ccc3ncc(C(=O)C4CC4)c(Nc4ccc(NC5CCNC5)nc4)c3c2)cc(Cl)c1O. The average Bonchev–Trinajstić information content (AvgIpc) is 3.67. The molecule has 38 heavy (non-hydrogen) atoms. The van der Waals surface area contributed by atoms with Gasteiger partial charge in [-0.25, -0.2) is 4.98 Å². The van der Waals surface area contributed by atoms with Gasteiger partial charge in [-0.2, -0.15) is 0 Å². The summed E-state index contributed by atoms with van der Waals surface area (Å²) in [6.45, 7) is 1.94. The van der Waals surface area contributed by atoms with Crippen molar-refractivity contribution >= 4 is 45.5 Å². The van der Waals surface area contributed by atoms with E-state index < -0.39 is 0 Å². The molecule has 0 amide bonds. The number of pyridine rings is 2. The predicted molar refractivity (Wildman–Crippen MR) is 150 cm³/mol. The van der Waals surface area contributed by atoms with E-state index in [2.05, 4.69) is 25.9 Å². The molecular formula is C29H28ClN5O3. The number of phenolic OH excluding ortho intramolecular Hbond substituents is 1. The first-order chi connectivity index (χ1) is 18.5. The zero-order valence-corrected chi connectivity index (χ0v) is 21.7. The van der Waals surface area contributed by atoms with E-state index in [0.717, 1.165) is 65.9 Å². The Balaban J connectivity index is 1.40. The molecule has 1 saturated carbocycles. The lowest BCUT2D eigenvalue weighted by molar-refractivity contribution is 0.0968. The number of benzene rings is 2. The van der Waals surface area contributed by atoms with Crippen molar-refractivity contribution in [2.75, 3.05) is 30.8 Å². The van der Waals surface area contributed by atoms with Crippen LogP contribution in [-0.2, 0) is 0 Å². The number of hydrogen-bond acceptors (Lipinski definition) is 8. The maximum atomic E-state index is 13.3. The molecule has 3 heterocycles. The van der Waals surface area contributed by atoms with Crippen LogP contribution in [0, 0.1) is 5.92 Å². The van der Waals surface area contributed by atoms with E-state index in [1.54, 1.807) is 24.5 Å². The van der Waals surface area contributed by atoms with Crippen molar-refractivity contribution in [1.29, 1.82) is 0 Å². The minimum absolute atomic E-state index is 0.0443. The van der Waals surface area contributed by atoms with E-state index in [9.17, 15) is 9.90 Å². The first-order valence-corrected chi connectivity index (χ1v) is 13.1. The Morgan fingerprint density at radius 2 is 1.95 bits per heavy atom. The van der Waals surface area contributed by atoms with Gasteiger partial charge in [0.25, 0.3) is 0 Å². The van der Waals surface area contributed by atoms with Gasteiger partial charge in [-0.15, -0.1) is 0 Å². The van der Waals surface area contributed by atoms with Crippen molar-refractivity contribution in [3.05, 3.63) is 65.4 Å². The third kappa shape index (κ3) is 4.85. The van der Waals surface area contributed by atoms with Crippen molar-refractivity contribution in [3.63, 3.8) is 0 Å². The monoisotopic (exact) mass is 529 g/mol.